The zero-order valence-corrected chi connectivity index (χ0v) is 33.7. The van der Waals surface area contributed by atoms with Gasteiger partial charge in [0.15, 0.2) is 0 Å². The summed E-state index contributed by atoms with van der Waals surface area (Å²) in [5, 5.41) is 4.95. The second-order valence-electron chi connectivity index (χ2n) is 17.1. The van der Waals surface area contributed by atoms with Gasteiger partial charge in [-0.05, 0) is 93.1 Å². The average Bonchev–Trinajstić information content (AvgIpc) is 3.66. The van der Waals surface area contributed by atoms with E-state index in [0.717, 1.165) is 50.1 Å². The molecule has 58 heavy (non-hydrogen) atoms. The summed E-state index contributed by atoms with van der Waals surface area (Å²) in [5.41, 5.74) is 15.2. The first-order chi connectivity index (χ1) is 28.4. The summed E-state index contributed by atoms with van der Waals surface area (Å²) < 4.78 is 6.46. The van der Waals surface area contributed by atoms with Gasteiger partial charge in [-0.3, -0.25) is 0 Å². The lowest BCUT2D eigenvalue weighted by atomic mass is 9.80. The molecule has 0 saturated heterocycles. The highest BCUT2D eigenvalue weighted by molar-refractivity contribution is 6.14. The van der Waals surface area contributed by atoms with Crippen molar-refractivity contribution in [3.8, 4) is 33.4 Å². The quantitative estimate of drug-likeness (QED) is 0.161. The van der Waals surface area contributed by atoms with E-state index in [0.29, 0.717) is 5.92 Å². The fraction of sp³-hybridized carbons (Fsp3) is 0.179. The maximum Gasteiger partial charge on any atom is 0.136 e. The van der Waals surface area contributed by atoms with Crippen molar-refractivity contribution in [3.63, 3.8) is 0 Å². The van der Waals surface area contributed by atoms with Crippen molar-refractivity contribution in [2.24, 2.45) is 0 Å². The van der Waals surface area contributed by atoms with Gasteiger partial charge < -0.3 is 9.32 Å². The van der Waals surface area contributed by atoms with Crippen LogP contribution in [0.5, 0.6) is 0 Å². The minimum atomic E-state index is 0.0647. The topological polar surface area (TPSA) is 16.4 Å². The normalized spacial score (nSPS) is 13.7. The summed E-state index contributed by atoms with van der Waals surface area (Å²) in [6.45, 7) is 6.84. The number of benzene rings is 8. The van der Waals surface area contributed by atoms with Crippen LogP contribution >= 0.6 is 0 Å². The highest BCUT2D eigenvalue weighted by Gasteiger charge is 2.26. The van der Waals surface area contributed by atoms with E-state index in [1.165, 1.54) is 76.3 Å². The molecule has 1 aliphatic rings. The third-order valence-electron chi connectivity index (χ3n) is 12.5. The maximum atomic E-state index is 6.46. The Morgan fingerprint density at radius 2 is 0.966 bits per heavy atom. The number of rotatable bonds is 7. The number of fused-ring (bicyclic) bond motifs is 4. The van der Waals surface area contributed by atoms with Gasteiger partial charge in [0.05, 0.1) is 17.1 Å². The van der Waals surface area contributed by atoms with Crippen molar-refractivity contribution < 1.29 is 4.42 Å². The van der Waals surface area contributed by atoms with Crippen LogP contribution in [0, 0.1) is 0 Å². The third-order valence-corrected chi connectivity index (χ3v) is 12.5. The van der Waals surface area contributed by atoms with E-state index >= 15 is 0 Å². The van der Waals surface area contributed by atoms with Gasteiger partial charge in [0, 0.05) is 27.5 Å². The molecule has 2 heteroatoms. The molecule has 1 aromatic heterocycles. The van der Waals surface area contributed by atoms with Crippen LogP contribution in [0.4, 0.5) is 17.1 Å². The minimum absolute atomic E-state index is 0.0647. The van der Waals surface area contributed by atoms with Gasteiger partial charge in [-0.15, -0.1) is 0 Å². The molecular weight excluding hydrogens is 703 g/mol. The van der Waals surface area contributed by atoms with Crippen molar-refractivity contribution in [2.75, 3.05) is 4.90 Å². The lowest BCUT2D eigenvalue weighted by Crippen LogP contribution is -2.14. The molecule has 0 atom stereocenters. The van der Waals surface area contributed by atoms with Crippen LogP contribution in [0.3, 0.4) is 0 Å². The molecule has 2 nitrogen and oxygen atoms in total. The van der Waals surface area contributed by atoms with Gasteiger partial charge in [-0.2, -0.15) is 0 Å². The van der Waals surface area contributed by atoms with Gasteiger partial charge >= 0.3 is 0 Å². The Labute approximate surface area is 342 Å². The SMILES string of the molecule is CC(C)(C)c1ccc(-c2ccccc2N(c2ccccc2-c2cccc3cccc(C4CCCCC4)c23)c2ccccc2-c2cccc3oc4ccccc4c23)cc1. The van der Waals surface area contributed by atoms with Crippen molar-refractivity contribution >= 4 is 49.8 Å². The molecule has 0 amide bonds. The second kappa shape index (κ2) is 14.8. The zero-order valence-electron chi connectivity index (χ0n) is 33.7. The van der Waals surface area contributed by atoms with E-state index in [2.05, 4.69) is 202 Å². The first-order valence-corrected chi connectivity index (χ1v) is 21.0. The Balaban J connectivity index is 1.26. The molecule has 0 aliphatic heterocycles. The van der Waals surface area contributed by atoms with Crippen LogP contribution in [-0.2, 0) is 5.41 Å². The van der Waals surface area contributed by atoms with Crippen LogP contribution in [0.1, 0.15) is 69.9 Å². The van der Waals surface area contributed by atoms with Crippen LogP contribution in [-0.4, -0.2) is 0 Å². The van der Waals surface area contributed by atoms with E-state index in [1.54, 1.807) is 0 Å². The predicted molar refractivity (Wildman–Crippen MR) is 247 cm³/mol. The number of nitrogens with zero attached hydrogens (tertiary/aromatic N) is 1. The van der Waals surface area contributed by atoms with Crippen LogP contribution < -0.4 is 4.90 Å². The van der Waals surface area contributed by atoms with Gasteiger partial charge in [-0.25, -0.2) is 0 Å². The Morgan fingerprint density at radius 3 is 1.64 bits per heavy atom. The van der Waals surface area contributed by atoms with E-state index in [4.69, 9.17) is 4.42 Å². The molecule has 0 bridgehead atoms. The summed E-state index contributed by atoms with van der Waals surface area (Å²) >= 11 is 0. The molecule has 1 heterocycles. The number of para-hydroxylation sites is 4. The van der Waals surface area contributed by atoms with Crippen molar-refractivity contribution in [1.82, 2.24) is 0 Å². The molecule has 10 rings (SSSR count). The maximum absolute atomic E-state index is 6.46. The Kier molecular flexibility index (Phi) is 9.21. The first kappa shape index (κ1) is 36.0. The lowest BCUT2D eigenvalue weighted by Gasteiger charge is -2.32. The number of hydrogen-bond acceptors (Lipinski definition) is 2. The molecule has 0 radical (unpaired) electrons. The third kappa shape index (κ3) is 6.38. The second-order valence-corrected chi connectivity index (χ2v) is 17.1. The van der Waals surface area contributed by atoms with Gasteiger partial charge in [-0.1, -0.05) is 186 Å². The molecular formula is C56H49NO. The van der Waals surface area contributed by atoms with Crippen LogP contribution in [0.25, 0.3) is 66.1 Å². The highest BCUT2D eigenvalue weighted by atomic mass is 16.3. The van der Waals surface area contributed by atoms with Gasteiger partial charge in [0.1, 0.15) is 11.2 Å². The van der Waals surface area contributed by atoms with E-state index in [1.807, 2.05) is 0 Å². The standard InChI is InChI=1S/C56H49NO/c1-56(2,3)41-36-34-39(35-37-41)42-22-7-11-29-49(42)57(51-31-13-9-24-45(51)47-28-17-33-53-55(47)48-25-10-14-32-52(48)58-53)50-30-12-8-23-44(50)46-27-16-21-40-20-15-26-43(54(40)46)38-18-5-4-6-19-38/h7-17,20-38H,4-6,18-19H2,1-3H3. The van der Waals surface area contributed by atoms with E-state index in [9.17, 15) is 0 Å². The Bertz CT molecular complexity index is 2910. The average molecular weight is 752 g/mol. The molecule has 0 N–H and O–H groups in total. The van der Waals surface area contributed by atoms with E-state index in [-0.39, 0.29) is 5.41 Å². The van der Waals surface area contributed by atoms with E-state index < -0.39 is 0 Å². The lowest BCUT2D eigenvalue weighted by molar-refractivity contribution is 0.445. The highest BCUT2D eigenvalue weighted by Crippen LogP contribution is 2.50. The summed E-state index contributed by atoms with van der Waals surface area (Å²) in [6.07, 6.45) is 6.45. The fourth-order valence-electron chi connectivity index (χ4n) is 9.59. The van der Waals surface area contributed by atoms with Crippen LogP contribution in [0.2, 0.25) is 0 Å². The zero-order chi connectivity index (χ0) is 39.2. The molecule has 284 valence electrons. The van der Waals surface area contributed by atoms with Crippen LogP contribution in [0.15, 0.2) is 180 Å². The summed E-state index contributed by atoms with van der Waals surface area (Å²) in [6, 6.07) is 64.9. The molecule has 1 saturated carbocycles. The van der Waals surface area contributed by atoms with Crippen molar-refractivity contribution in [1.29, 1.82) is 0 Å². The summed E-state index contributed by atoms with van der Waals surface area (Å²) in [4.78, 5) is 2.53. The van der Waals surface area contributed by atoms with Crippen molar-refractivity contribution in [2.45, 2.75) is 64.2 Å². The predicted octanol–water partition coefficient (Wildman–Crippen LogP) is 16.6. The summed E-state index contributed by atoms with van der Waals surface area (Å²) in [5.74, 6) is 0.574. The Morgan fingerprint density at radius 1 is 0.448 bits per heavy atom. The molecule has 0 unspecified atom stereocenters. The fourth-order valence-corrected chi connectivity index (χ4v) is 9.59. The minimum Gasteiger partial charge on any atom is -0.456 e. The molecule has 8 aromatic carbocycles. The molecule has 0 spiro atoms. The van der Waals surface area contributed by atoms with Crippen molar-refractivity contribution in [3.05, 3.63) is 187 Å². The molecule has 1 aliphatic carbocycles. The number of furan rings is 1. The Hall–Kier alpha value is -6.38. The monoisotopic (exact) mass is 751 g/mol. The smallest absolute Gasteiger partial charge is 0.136 e. The first-order valence-electron chi connectivity index (χ1n) is 21.0. The number of hydrogen-bond donors (Lipinski definition) is 0. The summed E-state index contributed by atoms with van der Waals surface area (Å²) in [7, 11) is 0. The van der Waals surface area contributed by atoms with Gasteiger partial charge in [0.2, 0.25) is 0 Å². The van der Waals surface area contributed by atoms with Gasteiger partial charge in [0.25, 0.3) is 0 Å². The number of anilines is 3. The molecule has 1 fully saturated rings. The largest absolute Gasteiger partial charge is 0.456 e. The molecule has 9 aromatic rings.